The Hall–Kier alpha value is -1.33. The number of anilines is 1. The first-order valence-electron chi connectivity index (χ1n) is 4.56. The molecule has 1 heterocycles. The molecule has 0 fully saturated rings. The molecule has 0 radical (unpaired) electrons. The number of carbonyl (C=O) groups is 1. The van der Waals surface area contributed by atoms with Gasteiger partial charge in [0.2, 0.25) is 0 Å². The van der Waals surface area contributed by atoms with Gasteiger partial charge in [-0.3, -0.25) is 4.79 Å². The molecule has 0 unspecified atom stereocenters. The van der Waals surface area contributed by atoms with E-state index in [1.807, 2.05) is 0 Å². The van der Waals surface area contributed by atoms with Crippen LogP contribution in [0.1, 0.15) is 10.4 Å². The lowest BCUT2D eigenvalue weighted by Crippen LogP contribution is -2.11. The largest absolute Gasteiger partial charge is 0.457 e. The number of amides is 1. The highest BCUT2D eigenvalue weighted by Crippen LogP contribution is 2.21. The average Bonchev–Trinajstić information content (AvgIpc) is 2.62. The molecule has 1 aromatic carbocycles. The lowest BCUT2D eigenvalue weighted by Gasteiger charge is -2.04. The van der Waals surface area contributed by atoms with Crippen molar-refractivity contribution in [2.24, 2.45) is 0 Å². The maximum atomic E-state index is 13.0. The summed E-state index contributed by atoms with van der Waals surface area (Å²) in [4.78, 5) is 11.8. The second kappa shape index (κ2) is 4.89. The van der Waals surface area contributed by atoms with Crippen LogP contribution < -0.4 is 5.32 Å². The highest BCUT2D eigenvalue weighted by molar-refractivity contribution is 9.10. The SMILES string of the molecule is O=C(Nc1cc(F)cc(Cl)c1)c1ccoc1Br. The van der Waals surface area contributed by atoms with E-state index in [0.717, 1.165) is 6.07 Å². The van der Waals surface area contributed by atoms with Crippen LogP contribution in [0.3, 0.4) is 0 Å². The summed E-state index contributed by atoms with van der Waals surface area (Å²) >= 11 is 8.75. The maximum absolute atomic E-state index is 13.0. The fourth-order valence-corrected chi connectivity index (χ4v) is 1.92. The van der Waals surface area contributed by atoms with Crippen LogP contribution in [0.2, 0.25) is 5.02 Å². The summed E-state index contributed by atoms with van der Waals surface area (Å²) in [5.74, 6) is -0.925. The molecule has 0 saturated carbocycles. The van der Waals surface area contributed by atoms with E-state index in [1.165, 1.54) is 24.5 Å². The van der Waals surface area contributed by atoms with Crippen molar-refractivity contribution in [2.75, 3.05) is 5.32 Å². The zero-order valence-corrected chi connectivity index (χ0v) is 10.7. The van der Waals surface area contributed by atoms with E-state index >= 15 is 0 Å². The number of benzene rings is 1. The Morgan fingerprint density at radius 2 is 2.18 bits per heavy atom. The molecular formula is C11H6BrClFNO2. The molecule has 17 heavy (non-hydrogen) atoms. The molecule has 0 aliphatic heterocycles. The van der Waals surface area contributed by atoms with Crippen molar-refractivity contribution >= 4 is 39.1 Å². The summed E-state index contributed by atoms with van der Waals surface area (Å²) in [5.41, 5.74) is 0.610. The summed E-state index contributed by atoms with van der Waals surface area (Å²) in [6.45, 7) is 0. The first-order valence-corrected chi connectivity index (χ1v) is 5.74. The number of nitrogens with one attached hydrogen (secondary N) is 1. The Balaban J connectivity index is 2.21. The topological polar surface area (TPSA) is 42.2 Å². The molecular weight excluding hydrogens is 312 g/mol. The van der Waals surface area contributed by atoms with E-state index in [-0.39, 0.29) is 10.7 Å². The van der Waals surface area contributed by atoms with Crippen molar-refractivity contribution in [1.82, 2.24) is 0 Å². The van der Waals surface area contributed by atoms with Gasteiger partial charge >= 0.3 is 0 Å². The van der Waals surface area contributed by atoms with E-state index in [0.29, 0.717) is 10.2 Å². The van der Waals surface area contributed by atoms with Crippen LogP contribution in [0, 0.1) is 5.82 Å². The lowest BCUT2D eigenvalue weighted by molar-refractivity contribution is 0.102. The molecule has 0 spiro atoms. The predicted octanol–water partition coefficient (Wildman–Crippen LogP) is 4.09. The fourth-order valence-electron chi connectivity index (χ4n) is 1.28. The fraction of sp³-hybridized carbons (Fsp3) is 0. The number of furan rings is 1. The van der Waals surface area contributed by atoms with Crippen LogP contribution in [-0.4, -0.2) is 5.91 Å². The van der Waals surface area contributed by atoms with E-state index < -0.39 is 11.7 Å². The van der Waals surface area contributed by atoms with Crippen LogP contribution in [0.15, 0.2) is 39.6 Å². The van der Waals surface area contributed by atoms with Gasteiger partial charge in [-0.2, -0.15) is 0 Å². The molecule has 1 amide bonds. The summed E-state index contributed by atoms with van der Waals surface area (Å²) in [6, 6.07) is 5.29. The Morgan fingerprint density at radius 1 is 1.41 bits per heavy atom. The van der Waals surface area contributed by atoms with Crippen LogP contribution >= 0.6 is 27.5 Å². The van der Waals surface area contributed by atoms with Gasteiger partial charge in [0.15, 0.2) is 4.67 Å². The number of rotatable bonds is 2. The van der Waals surface area contributed by atoms with Gasteiger partial charge in [-0.05, 0) is 40.2 Å². The molecule has 3 nitrogen and oxygen atoms in total. The molecule has 0 aliphatic rings. The zero-order chi connectivity index (χ0) is 12.4. The lowest BCUT2D eigenvalue weighted by atomic mass is 10.2. The third kappa shape index (κ3) is 2.87. The van der Waals surface area contributed by atoms with Gasteiger partial charge in [0.05, 0.1) is 11.8 Å². The highest BCUT2D eigenvalue weighted by Gasteiger charge is 2.13. The summed E-state index contributed by atoms with van der Waals surface area (Å²) < 4.78 is 18.3. The molecule has 2 aromatic rings. The van der Waals surface area contributed by atoms with Crippen molar-refractivity contribution in [3.63, 3.8) is 0 Å². The van der Waals surface area contributed by atoms with Gasteiger partial charge in [-0.25, -0.2) is 4.39 Å². The molecule has 2 rings (SSSR count). The average molecular weight is 319 g/mol. The minimum atomic E-state index is -0.515. The van der Waals surface area contributed by atoms with Crippen LogP contribution in [0.4, 0.5) is 10.1 Å². The zero-order valence-electron chi connectivity index (χ0n) is 8.34. The Kier molecular flexibility index (Phi) is 3.49. The molecule has 6 heteroatoms. The van der Waals surface area contributed by atoms with Gasteiger partial charge in [-0.1, -0.05) is 11.6 Å². The van der Waals surface area contributed by atoms with E-state index in [1.54, 1.807) is 0 Å². The second-order valence-corrected chi connectivity index (χ2v) is 4.38. The molecule has 0 atom stereocenters. The minimum absolute atomic E-state index is 0.214. The van der Waals surface area contributed by atoms with Crippen molar-refractivity contribution in [3.8, 4) is 0 Å². The summed E-state index contributed by atoms with van der Waals surface area (Å²) in [5, 5.41) is 2.73. The minimum Gasteiger partial charge on any atom is -0.457 e. The normalized spacial score (nSPS) is 10.3. The number of carbonyl (C=O) groups excluding carboxylic acids is 1. The van der Waals surface area contributed by atoms with Crippen LogP contribution in [0.25, 0.3) is 0 Å². The van der Waals surface area contributed by atoms with Gasteiger partial charge in [0.25, 0.3) is 5.91 Å². The van der Waals surface area contributed by atoms with Crippen molar-refractivity contribution in [1.29, 1.82) is 0 Å². The van der Waals surface area contributed by atoms with Crippen molar-refractivity contribution in [2.45, 2.75) is 0 Å². The van der Waals surface area contributed by atoms with Gasteiger partial charge < -0.3 is 9.73 Å². The van der Waals surface area contributed by atoms with Crippen molar-refractivity contribution in [3.05, 3.63) is 51.6 Å². The highest BCUT2D eigenvalue weighted by atomic mass is 79.9. The summed E-state index contributed by atoms with van der Waals surface area (Å²) in [6.07, 6.45) is 1.37. The quantitative estimate of drug-likeness (QED) is 0.906. The second-order valence-electron chi connectivity index (χ2n) is 3.22. The van der Waals surface area contributed by atoms with Crippen molar-refractivity contribution < 1.29 is 13.6 Å². The van der Waals surface area contributed by atoms with E-state index in [2.05, 4.69) is 21.2 Å². The standard InChI is InChI=1S/C11H6BrClFNO2/c12-10-9(1-2-17-10)11(16)15-8-4-6(13)3-7(14)5-8/h1-5H,(H,15,16). The van der Waals surface area contributed by atoms with Gasteiger partial charge in [0.1, 0.15) is 5.82 Å². The Bertz CT molecular complexity index is 550. The molecule has 0 saturated heterocycles. The number of hydrogen-bond donors (Lipinski definition) is 1. The molecule has 0 bridgehead atoms. The van der Waals surface area contributed by atoms with Gasteiger partial charge in [-0.15, -0.1) is 0 Å². The third-order valence-electron chi connectivity index (χ3n) is 1.98. The molecule has 88 valence electrons. The third-order valence-corrected chi connectivity index (χ3v) is 2.82. The number of hydrogen-bond acceptors (Lipinski definition) is 2. The van der Waals surface area contributed by atoms with Crippen LogP contribution in [-0.2, 0) is 0 Å². The van der Waals surface area contributed by atoms with Crippen LogP contribution in [0.5, 0.6) is 0 Å². The van der Waals surface area contributed by atoms with Gasteiger partial charge in [0, 0.05) is 10.7 Å². The Morgan fingerprint density at radius 3 is 2.76 bits per heavy atom. The monoisotopic (exact) mass is 317 g/mol. The molecule has 1 N–H and O–H groups in total. The van der Waals surface area contributed by atoms with E-state index in [9.17, 15) is 9.18 Å². The van der Waals surface area contributed by atoms with E-state index in [4.69, 9.17) is 16.0 Å². The maximum Gasteiger partial charge on any atom is 0.260 e. The smallest absolute Gasteiger partial charge is 0.260 e. The molecule has 0 aliphatic carbocycles. The molecule has 1 aromatic heterocycles. The summed E-state index contributed by atoms with van der Waals surface area (Å²) in [7, 11) is 0. The number of halogens is 3. The Labute approximate surface area is 110 Å². The predicted molar refractivity (Wildman–Crippen MR) is 65.8 cm³/mol. The first-order chi connectivity index (χ1) is 8.06. The first kappa shape index (κ1) is 12.1.